The number of ether oxygens (including phenoxy) is 1. The summed E-state index contributed by atoms with van der Waals surface area (Å²) in [6.45, 7) is 6.08. The fraction of sp³-hybridized carbons (Fsp3) is 0.412. The molecular formula is C34H39F3O2. The molecular weight excluding hydrogens is 497 g/mol. The van der Waals surface area contributed by atoms with Crippen molar-refractivity contribution in [1.29, 1.82) is 0 Å². The molecule has 1 fully saturated rings. The summed E-state index contributed by atoms with van der Waals surface area (Å²) in [5.41, 5.74) is 3.22. The second kappa shape index (κ2) is 13.8. The lowest BCUT2D eigenvalue weighted by Crippen LogP contribution is -2.25. The van der Waals surface area contributed by atoms with Crippen LogP contribution in [0.1, 0.15) is 74.5 Å². The maximum absolute atomic E-state index is 15.2. The average molecular weight is 537 g/mol. The molecule has 0 heterocycles. The number of benzene rings is 3. The van der Waals surface area contributed by atoms with Gasteiger partial charge < -0.3 is 9.84 Å². The van der Waals surface area contributed by atoms with Gasteiger partial charge in [0.05, 0.1) is 12.7 Å². The molecule has 39 heavy (non-hydrogen) atoms. The first-order valence-electron chi connectivity index (χ1n) is 14.2. The van der Waals surface area contributed by atoms with Crippen LogP contribution in [-0.4, -0.2) is 17.8 Å². The lowest BCUT2D eigenvalue weighted by molar-refractivity contribution is 0.0727. The van der Waals surface area contributed by atoms with Crippen molar-refractivity contribution >= 4 is 0 Å². The van der Waals surface area contributed by atoms with E-state index in [1.807, 2.05) is 30.3 Å². The molecule has 1 atom stereocenters. The summed E-state index contributed by atoms with van der Waals surface area (Å²) in [7, 11) is 0. The summed E-state index contributed by atoms with van der Waals surface area (Å²) in [5.74, 6) is -1.46. The van der Waals surface area contributed by atoms with Crippen LogP contribution in [0.3, 0.4) is 0 Å². The standard InChI is InChI=1S/C34H39F3O2/c1-3-5-21-39-32-20-11-24(22-30(32)35)8-7-23-9-12-25(13-10-23)28-18-19-29(34(37)33(28)36)26-14-16-27(17-15-26)31(38)6-4-2/h3,9-13,18-20,22,26-27,31,38H,1,4-8,14-17,21H2,2H3. The fourth-order valence-corrected chi connectivity index (χ4v) is 5.66. The first kappa shape index (κ1) is 28.9. The molecule has 1 aliphatic rings. The molecule has 208 valence electrons. The van der Waals surface area contributed by atoms with Crippen LogP contribution in [0.5, 0.6) is 5.75 Å². The third-order valence-corrected chi connectivity index (χ3v) is 8.00. The first-order chi connectivity index (χ1) is 18.9. The second-order valence-electron chi connectivity index (χ2n) is 10.7. The van der Waals surface area contributed by atoms with Gasteiger partial charge in [0.1, 0.15) is 0 Å². The van der Waals surface area contributed by atoms with Crippen LogP contribution >= 0.6 is 0 Å². The molecule has 5 heteroatoms. The Kier molecular flexibility index (Phi) is 10.3. The molecule has 1 N–H and O–H groups in total. The summed E-state index contributed by atoms with van der Waals surface area (Å²) < 4.78 is 50.1. The van der Waals surface area contributed by atoms with Crippen LogP contribution < -0.4 is 4.74 Å². The van der Waals surface area contributed by atoms with Crippen molar-refractivity contribution in [2.24, 2.45) is 5.92 Å². The number of halogens is 3. The summed E-state index contributed by atoms with van der Waals surface area (Å²) in [4.78, 5) is 0. The molecule has 3 aromatic rings. The minimum absolute atomic E-state index is 0.0152. The minimum Gasteiger partial charge on any atom is -0.490 e. The fourth-order valence-electron chi connectivity index (χ4n) is 5.66. The van der Waals surface area contributed by atoms with Crippen LogP contribution in [-0.2, 0) is 12.8 Å². The number of aliphatic hydroxyl groups is 1. The molecule has 0 saturated heterocycles. The van der Waals surface area contributed by atoms with E-state index in [0.29, 0.717) is 37.0 Å². The van der Waals surface area contributed by atoms with Gasteiger partial charge in [-0.05, 0) is 97.6 Å². The lowest BCUT2D eigenvalue weighted by atomic mass is 9.75. The zero-order chi connectivity index (χ0) is 27.8. The number of hydrogen-bond donors (Lipinski definition) is 1. The molecule has 0 radical (unpaired) electrons. The molecule has 0 bridgehead atoms. The van der Waals surface area contributed by atoms with Crippen molar-refractivity contribution in [2.75, 3.05) is 6.61 Å². The molecule has 3 aromatic carbocycles. The van der Waals surface area contributed by atoms with E-state index in [2.05, 4.69) is 13.5 Å². The summed E-state index contributed by atoms with van der Waals surface area (Å²) in [6, 6.07) is 15.9. The first-order valence-corrected chi connectivity index (χ1v) is 14.2. The van der Waals surface area contributed by atoms with E-state index in [-0.39, 0.29) is 35.1 Å². The number of aryl methyl sites for hydroxylation is 2. The number of aliphatic hydroxyl groups excluding tert-OH is 1. The van der Waals surface area contributed by atoms with E-state index < -0.39 is 11.6 Å². The van der Waals surface area contributed by atoms with Crippen LogP contribution in [0.2, 0.25) is 0 Å². The molecule has 4 rings (SSSR count). The summed E-state index contributed by atoms with van der Waals surface area (Å²) in [5, 5.41) is 10.3. The normalized spacial score (nSPS) is 18.1. The second-order valence-corrected chi connectivity index (χ2v) is 10.7. The van der Waals surface area contributed by atoms with Gasteiger partial charge in [0, 0.05) is 5.56 Å². The van der Waals surface area contributed by atoms with Crippen molar-refractivity contribution in [3.8, 4) is 16.9 Å². The van der Waals surface area contributed by atoms with Gasteiger partial charge in [-0.25, -0.2) is 13.2 Å². The third-order valence-electron chi connectivity index (χ3n) is 8.00. The van der Waals surface area contributed by atoms with Gasteiger partial charge in [-0.15, -0.1) is 6.58 Å². The van der Waals surface area contributed by atoms with Crippen molar-refractivity contribution < 1.29 is 23.0 Å². The summed E-state index contributed by atoms with van der Waals surface area (Å²) in [6.07, 6.45) is 8.40. The Bertz CT molecular complexity index is 1230. The molecule has 0 amide bonds. The molecule has 1 unspecified atom stereocenters. The Labute approximate surface area is 230 Å². The van der Waals surface area contributed by atoms with Crippen molar-refractivity contribution in [3.63, 3.8) is 0 Å². The van der Waals surface area contributed by atoms with Gasteiger partial charge in [-0.1, -0.05) is 61.9 Å². The van der Waals surface area contributed by atoms with Crippen molar-refractivity contribution in [2.45, 2.75) is 76.7 Å². The van der Waals surface area contributed by atoms with E-state index in [0.717, 1.165) is 49.7 Å². The topological polar surface area (TPSA) is 29.5 Å². The Morgan fingerprint density at radius 2 is 1.62 bits per heavy atom. The van der Waals surface area contributed by atoms with Crippen LogP contribution in [0.4, 0.5) is 13.2 Å². The molecule has 1 aliphatic carbocycles. The molecule has 2 nitrogen and oxygen atoms in total. The van der Waals surface area contributed by atoms with E-state index in [1.165, 1.54) is 6.07 Å². The highest BCUT2D eigenvalue weighted by atomic mass is 19.2. The highest BCUT2D eigenvalue weighted by Gasteiger charge is 2.29. The SMILES string of the molecule is C=CCCOc1ccc(CCc2ccc(-c3ccc(C4CCC(C(O)CCC)CC4)c(F)c3F)cc2)cc1F. The third kappa shape index (κ3) is 7.33. The predicted molar refractivity (Wildman–Crippen MR) is 152 cm³/mol. The average Bonchev–Trinajstić information content (AvgIpc) is 2.95. The zero-order valence-corrected chi connectivity index (χ0v) is 22.8. The van der Waals surface area contributed by atoms with E-state index >= 15 is 8.78 Å². The zero-order valence-electron chi connectivity index (χ0n) is 22.8. The van der Waals surface area contributed by atoms with Crippen LogP contribution in [0, 0.1) is 23.4 Å². The maximum Gasteiger partial charge on any atom is 0.166 e. The van der Waals surface area contributed by atoms with Crippen LogP contribution in [0.25, 0.3) is 11.1 Å². The maximum atomic E-state index is 15.2. The Morgan fingerprint density at radius 3 is 2.28 bits per heavy atom. The monoisotopic (exact) mass is 536 g/mol. The van der Waals surface area contributed by atoms with Crippen molar-refractivity contribution in [1.82, 2.24) is 0 Å². The van der Waals surface area contributed by atoms with Gasteiger partial charge >= 0.3 is 0 Å². The number of hydrogen-bond acceptors (Lipinski definition) is 2. The largest absolute Gasteiger partial charge is 0.490 e. The van der Waals surface area contributed by atoms with E-state index in [1.54, 1.807) is 24.3 Å². The van der Waals surface area contributed by atoms with Gasteiger partial charge in [0.2, 0.25) is 0 Å². The van der Waals surface area contributed by atoms with Crippen LogP contribution in [0.15, 0.2) is 67.3 Å². The minimum atomic E-state index is -0.806. The Hall–Kier alpha value is -3.05. The lowest BCUT2D eigenvalue weighted by Gasteiger charge is -2.32. The Morgan fingerprint density at radius 1 is 0.923 bits per heavy atom. The Balaban J connectivity index is 1.36. The van der Waals surface area contributed by atoms with Gasteiger partial charge in [0.25, 0.3) is 0 Å². The quantitative estimate of drug-likeness (QED) is 0.185. The van der Waals surface area contributed by atoms with Crippen molar-refractivity contribution in [3.05, 3.63) is 101 Å². The highest BCUT2D eigenvalue weighted by molar-refractivity contribution is 5.65. The van der Waals surface area contributed by atoms with E-state index in [9.17, 15) is 9.50 Å². The summed E-state index contributed by atoms with van der Waals surface area (Å²) >= 11 is 0. The highest BCUT2D eigenvalue weighted by Crippen LogP contribution is 2.40. The predicted octanol–water partition coefficient (Wildman–Crippen LogP) is 8.95. The number of rotatable bonds is 12. The van der Waals surface area contributed by atoms with Gasteiger partial charge in [-0.2, -0.15) is 0 Å². The molecule has 0 aliphatic heterocycles. The smallest absolute Gasteiger partial charge is 0.166 e. The van der Waals surface area contributed by atoms with E-state index in [4.69, 9.17) is 4.74 Å². The molecule has 0 spiro atoms. The molecule has 0 aromatic heterocycles. The van der Waals surface area contributed by atoms with Gasteiger partial charge in [0.15, 0.2) is 23.2 Å². The molecule has 1 saturated carbocycles. The van der Waals surface area contributed by atoms with Gasteiger partial charge in [-0.3, -0.25) is 0 Å².